The van der Waals surface area contributed by atoms with Crippen LogP contribution in [-0.2, 0) is 6.54 Å². The van der Waals surface area contributed by atoms with E-state index in [0.29, 0.717) is 12.5 Å². The maximum absolute atomic E-state index is 11.9. The number of hydrogen-bond donors (Lipinski definition) is 2. The van der Waals surface area contributed by atoms with Crippen molar-refractivity contribution in [3.05, 3.63) is 35.4 Å². The zero-order valence-corrected chi connectivity index (χ0v) is 15.2. The molecule has 0 radical (unpaired) electrons. The van der Waals surface area contributed by atoms with Crippen molar-refractivity contribution in [1.29, 1.82) is 0 Å². The maximum Gasteiger partial charge on any atom is 0.317 e. The molecule has 0 saturated carbocycles. The fourth-order valence-corrected chi connectivity index (χ4v) is 3.15. The van der Waals surface area contributed by atoms with Gasteiger partial charge in [-0.25, -0.2) is 4.79 Å². The van der Waals surface area contributed by atoms with E-state index in [1.807, 2.05) is 0 Å². The van der Waals surface area contributed by atoms with E-state index in [9.17, 15) is 9.90 Å². The molecule has 1 aliphatic rings. The number of amides is 2. The van der Waals surface area contributed by atoms with Crippen LogP contribution in [0, 0.1) is 12.8 Å². The van der Waals surface area contributed by atoms with E-state index < -0.39 is 6.10 Å². The van der Waals surface area contributed by atoms with Crippen LogP contribution in [0.5, 0.6) is 0 Å². The smallest absolute Gasteiger partial charge is 0.317 e. The number of rotatable bonds is 6. The summed E-state index contributed by atoms with van der Waals surface area (Å²) in [4.78, 5) is 16.0. The molecule has 0 aliphatic carbocycles. The van der Waals surface area contributed by atoms with E-state index in [4.69, 9.17) is 0 Å². The fraction of sp³-hybridized carbons (Fsp3) is 0.632. The molecule has 1 unspecified atom stereocenters. The largest absolute Gasteiger partial charge is 0.392 e. The Labute approximate surface area is 145 Å². The van der Waals surface area contributed by atoms with Gasteiger partial charge in [-0.2, -0.15) is 0 Å². The van der Waals surface area contributed by atoms with Crippen molar-refractivity contribution in [2.24, 2.45) is 5.92 Å². The Morgan fingerprint density at radius 1 is 1.33 bits per heavy atom. The van der Waals surface area contributed by atoms with Gasteiger partial charge in [0.2, 0.25) is 0 Å². The monoisotopic (exact) mass is 333 g/mol. The van der Waals surface area contributed by atoms with Gasteiger partial charge in [0.25, 0.3) is 0 Å². The van der Waals surface area contributed by atoms with Crippen LogP contribution in [-0.4, -0.2) is 60.3 Å². The highest BCUT2D eigenvalue weighted by Crippen LogP contribution is 2.18. The standard InChI is InChI=1S/C19H31N3O2/c1-15-4-6-18(7-5-15)14-22-10-8-17(9-11-22)12-20-19(24)21(3)13-16(2)23/h4-7,16-17,23H,8-14H2,1-3H3,(H,20,24). The highest BCUT2D eigenvalue weighted by molar-refractivity contribution is 5.73. The van der Waals surface area contributed by atoms with Crippen molar-refractivity contribution in [3.63, 3.8) is 0 Å². The number of carbonyl (C=O) groups is 1. The van der Waals surface area contributed by atoms with Crippen LogP contribution < -0.4 is 5.32 Å². The number of likely N-dealkylation sites (tertiary alicyclic amines) is 1. The van der Waals surface area contributed by atoms with Gasteiger partial charge in [-0.1, -0.05) is 29.8 Å². The van der Waals surface area contributed by atoms with E-state index >= 15 is 0 Å². The van der Waals surface area contributed by atoms with Crippen molar-refractivity contribution in [3.8, 4) is 0 Å². The van der Waals surface area contributed by atoms with Gasteiger partial charge in [-0.15, -0.1) is 0 Å². The fourth-order valence-electron chi connectivity index (χ4n) is 3.15. The van der Waals surface area contributed by atoms with Crippen LogP contribution in [0.25, 0.3) is 0 Å². The first-order chi connectivity index (χ1) is 11.4. The Balaban J connectivity index is 1.67. The molecule has 1 aromatic carbocycles. The normalized spacial score (nSPS) is 17.5. The first-order valence-electron chi connectivity index (χ1n) is 8.89. The second kappa shape index (κ2) is 9.04. The highest BCUT2D eigenvalue weighted by atomic mass is 16.3. The first kappa shape index (κ1) is 18.7. The molecule has 1 aliphatic heterocycles. The molecule has 2 N–H and O–H groups in total. The lowest BCUT2D eigenvalue weighted by Crippen LogP contribution is -2.44. The molecule has 0 bridgehead atoms. The lowest BCUT2D eigenvalue weighted by molar-refractivity contribution is 0.140. The number of hydrogen-bond acceptors (Lipinski definition) is 3. The number of nitrogens with zero attached hydrogens (tertiary/aromatic N) is 2. The summed E-state index contributed by atoms with van der Waals surface area (Å²) in [6.45, 7) is 8.06. The molecule has 1 atom stereocenters. The van der Waals surface area contributed by atoms with Crippen LogP contribution in [0.3, 0.4) is 0 Å². The topological polar surface area (TPSA) is 55.8 Å². The molecule has 1 saturated heterocycles. The lowest BCUT2D eigenvalue weighted by Gasteiger charge is -2.32. The number of carbonyl (C=O) groups excluding carboxylic acids is 1. The Bertz CT molecular complexity index is 508. The van der Waals surface area contributed by atoms with Crippen molar-refractivity contribution >= 4 is 6.03 Å². The molecule has 134 valence electrons. The number of aliphatic hydroxyl groups excluding tert-OH is 1. The SMILES string of the molecule is Cc1ccc(CN2CCC(CNC(=O)N(C)CC(C)O)CC2)cc1. The summed E-state index contributed by atoms with van der Waals surface area (Å²) in [6, 6.07) is 8.65. The third-order valence-corrected chi connectivity index (χ3v) is 4.66. The highest BCUT2D eigenvalue weighted by Gasteiger charge is 2.20. The number of nitrogens with one attached hydrogen (secondary N) is 1. The van der Waals surface area contributed by atoms with Crippen LogP contribution in [0.4, 0.5) is 4.79 Å². The van der Waals surface area contributed by atoms with E-state index in [0.717, 1.165) is 39.0 Å². The Hall–Kier alpha value is -1.59. The molecule has 2 amide bonds. The summed E-state index contributed by atoms with van der Waals surface area (Å²) >= 11 is 0. The van der Waals surface area contributed by atoms with Crippen LogP contribution in [0.15, 0.2) is 24.3 Å². The van der Waals surface area contributed by atoms with Gasteiger partial charge < -0.3 is 15.3 Å². The van der Waals surface area contributed by atoms with Crippen molar-refractivity contribution < 1.29 is 9.90 Å². The Morgan fingerprint density at radius 2 is 1.96 bits per heavy atom. The van der Waals surface area contributed by atoms with E-state index in [1.54, 1.807) is 14.0 Å². The van der Waals surface area contributed by atoms with Gasteiger partial charge in [-0.3, -0.25) is 4.90 Å². The van der Waals surface area contributed by atoms with Crippen molar-refractivity contribution in [2.45, 2.75) is 39.3 Å². The van der Waals surface area contributed by atoms with Crippen LogP contribution >= 0.6 is 0 Å². The number of piperidine rings is 1. The van der Waals surface area contributed by atoms with Crippen molar-refractivity contribution in [2.75, 3.05) is 33.2 Å². The molecular formula is C19H31N3O2. The number of likely N-dealkylation sites (N-methyl/N-ethyl adjacent to an activating group) is 1. The number of benzene rings is 1. The van der Waals surface area contributed by atoms with E-state index in [1.165, 1.54) is 16.0 Å². The van der Waals surface area contributed by atoms with Crippen molar-refractivity contribution in [1.82, 2.24) is 15.1 Å². The van der Waals surface area contributed by atoms with Gasteiger partial charge in [-0.05, 0) is 51.3 Å². The summed E-state index contributed by atoms with van der Waals surface area (Å²) in [6.07, 6.45) is 1.74. The molecule has 0 aromatic heterocycles. The third-order valence-electron chi connectivity index (χ3n) is 4.66. The average molecular weight is 333 g/mol. The second-order valence-corrected chi connectivity index (χ2v) is 7.12. The molecule has 5 nitrogen and oxygen atoms in total. The molecule has 1 heterocycles. The number of urea groups is 1. The van der Waals surface area contributed by atoms with E-state index in [-0.39, 0.29) is 6.03 Å². The Kier molecular flexibility index (Phi) is 7.06. The van der Waals surface area contributed by atoms with Gasteiger partial charge in [0, 0.05) is 26.7 Å². The molecule has 1 aromatic rings. The second-order valence-electron chi connectivity index (χ2n) is 7.12. The summed E-state index contributed by atoms with van der Waals surface area (Å²) < 4.78 is 0. The predicted molar refractivity (Wildman–Crippen MR) is 96.9 cm³/mol. The number of aliphatic hydroxyl groups is 1. The minimum atomic E-state index is -0.495. The van der Waals surface area contributed by atoms with Gasteiger partial charge in [0.05, 0.1) is 6.10 Å². The summed E-state index contributed by atoms with van der Waals surface area (Å²) in [7, 11) is 1.71. The Morgan fingerprint density at radius 3 is 2.54 bits per heavy atom. The molecule has 24 heavy (non-hydrogen) atoms. The predicted octanol–water partition coefficient (Wildman–Crippen LogP) is 2.23. The van der Waals surface area contributed by atoms with Gasteiger partial charge in [0.1, 0.15) is 0 Å². The summed E-state index contributed by atoms with van der Waals surface area (Å²) in [5, 5.41) is 12.3. The quantitative estimate of drug-likeness (QED) is 0.839. The number of aryl methyl sites for hydroxylation is 1. The maximum atomic E-state index is 11.9. The third kappa shape index (κ3) is 6.13. The first-order valence-corrected chi connectivity index (χ1v) is 8.89. The average Bonchev–Trinajstić information content (AvgIpc) is 2.55. The molecule has 5 heteroatoms. The summed E-state index contributed by atoms with van der Waals surface area (Å²) in [5.41, 5.74) is 2.67. The van der Waals surface area contributed by atoms with Crippen LogP contribution in [0.1, 0.15) is 30.9 Å². The van der Waals surface area contributed by atoms with Gasteiger partial charge in [0.15, 0.2) is 0 Å². The van der Waals surface area contributed by atoms with E-state index in [2.05, 4.69) is 41.4 Å². The van der Waals surface area contributed by atoms with Gasteiger partial charge >= 0.3 is 6.03 Å². The zero-order chi connectivity index (χ0) is 17.5. The minimum absolute atomic E-state index is 0.0991. The zero-order valence-electron chi connectivity index (χ0n) is 15.2. The molecule has 1 fully saturated rings. The van der Waals surface area contributed by atoms with Crippen LogP contribution in [0.2, 0.25) is 0 Å². The minimum Gasteiger partial charge on any atom is -0.392 e. The molecule has 0 spiro atoms. The molecule has 2 rings (SSSR count). The molecular weight excluding hydrogens is 302 g/mol. The lowest BCUT2D eigenvalue weighted by atomic mass is 9.96. The summed E-state index contributed by atoms with van der Waals surface area (Å²) in [5.74, 6) is 0.545.